The van der Waals surface area contributed by atoms with Gasteiger partial charge in [-0.1, -0.05) is 19.9 Å². The molecule has 0 radical (unpaired) electrons. The number of carboxylic acid groups (broad SMARTS) is 1. The lowest BCUT2D eigenvalue weighted by molar-refractivity contribution is 0.0701. The van der Waals surface area contributed by atoms with E-state index in [1.54, 1.807) is 12.1 Å². The number of aliphatic hydroxyl groups is 1. The Balaban J connectivity index is 2.33. The number of aromatic carboxylic acids is 1. The minimum absolute atomic E-state index is 0.0184. The van der Waals surface area contributed by atoms with Gasteiger partial charge in [-0.3, -0.25) is 0 Å². The molecule has 4 nitrogen and oxygen atoms in total. The number of aliphatic hydroxyl groups excluding tert-OH is 1. The molecule has 0 aliphatic heterocycles. The van der Waals surface area contributed by atoms with E-state index in [-0.39, 0.29) is 23.4 Å². The minimum atomic E-state index is -1.05. The fourth-order valence-electron chi connectivity index (χ4n) is 2.09. The summed E-state index contributed by atoms with van der Waals surface area (Å²) in [5.74, 6) is -1.46. The van der Waals surface area contributed by atoms with Crippen LogP contribution in [0.1, 0.15) is 29.1 Å². The van der Waals surface area contributed by atoms with Gasteiger partial charge >= 0.3 is 5.97 Å². The van der Waals surface area contributed by atoms with Crippen LogP contribution in [-0.2, 0) is 6.54 Å². The van der Waals surface area contributed by atoms with Crippen molar-refractivity contribution in [3.05, 3.63) is 34.5 Å². The molecule has 0 saturated heterocycles. The molecule has 0 unspecified atom stereocenters. The minimum Gasteiger partial charge on any atom is -0.477 e. The molecule has 0 aliphatic rings. The first kappa shape index (κ1) is 15.9. The molecule has 2 rings (SSSR count). The van der Waals surface area contributed by atoms with Gasteiger partial charge in [0, 0.05) is 40.8 Å². The Morgan fingerprint density at radius 2 is 2.14 bits per heavy atom. The third-order valence-electron chi connectivity index (χ3n) is 3.29. The lowest BCUT2D eigenvalue weighted by atomic mass is 9.95. The van der Waals surface area contributed by atoms with Gasteiger partial charge in [-0.2, -0.15) is 0 Å². The van der Waals surface area contributed by atoms with Crippen molar-refractivity contribution in [3.63, 3.8) is 0 Å². The van der Waals surface area contributed by atoms with Gasteiger partial charge in [-0.15, -0.1) is 11.3 Å². The molecule has 6 heteroatoms. The van der Waals surface area contributed by atoms with Crippen LogP contribution >= 0.6 is 11.3 Å². The quantitative estimate of drug-likeness (QED) is 0.767. The molecule has 0 amide bonds. The summed E-state index contributed by atoms with van der Waals surface area (Å²) >= 11 is 1.08. The largest absolute Gasteiger partial charge is 0.477 e. The summed E-state index contributed by atoms with van der Waals surface area (Å²) in [6.07, 6.45) is 0. The second-order valence-corrected chi connectivity index (χ2v) is 6.81. The van der Waals surface area contributed by atoms with E-state index in [1.807, 2.05) is 13.8 Å². The molecular formula is C15H18FNO3S. The molecule has 1 aromatic carbocycles. The maximum Gasteiger partial charge on any atom is 0.346 e. The average molecular weight is 311 g/mol. The first-order chi connectivity index (χ1) is 9.85. The SMILES string of the molecule is CC(C)(CO)CNCc1c(C(=O)O)sc2cccc(F)c12. The lowest BCUT2D eigenvalue weighted by Crippen LogP contribution is -2.32. The monoisotopic (exact) mass is 311 g/mol. The van der Waals surface area contributed by atoms with Gasteiger partial charge < -0.3 is 15.5 Å². The molecule has 0 bridgehead atoms. The Kier molecular flexibility index (Phi) is 4.61. The Bertz CT molecular complexity index is 666. The van der Waals surface area contributed by atoms with E-state index in [0.717, 1.165) is 11.3 Å². The number of benzene rings is 1. The summed E-state index contributed by atoms with van der Waals surface area (Å²) in [6, 6.07) is 4.63. The van der Waals surface area contributed by atoms with Gasteiger partial charge in [-0.25, -0.2) is 9.18 Å². The Labute approximate surface area is 126 Å². The van der Waals surface area contributed by atoms with Crippen molar-refractivity contribution >= 4 is 27.4 Å². The molecule has 3 N–H and O–H groups in total. The van der Waals surface area contributed by atoms with E-state index < -0.39 is 11.8 Å². The first-order valence-electron chi connectivity index (χ1n) is 6.60. The van der Waals surface area contributed by atoms with Crippen LogP contribution in [0.4, 0.5) is 4.39 Å². The molecule has 114 valence electrons. The molecule has 0 saturated carbocycles. The predicted octanol–water partition coefficient (Wildman–Crippen LogP) is 2.85. The molecular weight excluding hydrogens is 293 g/mol. The Hall–Kier alpha value is -1.50. The van der Waals surface area contributed by atoms with Gasteiger partial charge in [0.05, 0.1) is 0 Å². The zero-order valence-corrected chi connectivity index (χ0v) is 12.8. The fourth-order valence-corrected chi connectivity index (χ4v) is 3.16. The highest BCUT2D eigenvalue weighted by Gasteiger charge is 2.21. The van der Waals surface area contributed by atoms with Crippen molar-refractivity contribution in [2.24, 2.45) is 5.41 Å². The smallest absolute Gasteiger partial charge is 0.346 e. The fraction of sp³-hybridized carbons (Fsp3) is 0.400. The summed E-state index contributed by atoms with van der Waals surface area (Å²) in [5.41, 5.74) is 0.155. The van der Waals surface area contributed by atoms with Gasteiger partial charge in [0.2, 0.25) is 0 Å². The van der Waals surface area contributed by atoms with Crippen molar-refractivity contribution in [1.29, 1.82) is 0 Å². The number of carbonyl (C=O) groups is 1. The molecule has 0 aliphatic carbocycles. The Morgan fingerprint density at radius 1 is 1.43 bits per heavy atom. The second kappa shape index (κ2) is 6.09. The van der Waals surface area contributed by atoms with Gasteiger partial charge in [0.1, 0.15) is 10.7 Å². The topological polar surface area (TPSA) is 69.6 Å². The number of hydrogen-bond donors (Lipinski definition) is 3. The van der Waals surface area contributed by atoms with Crippen molar-refractivity contribution in [3.8, 4) is 0 Å². The highest BCUT2D eigenvalue weighted by molar-refractivity contribution is 7.21. The van der Waals surface area contributed by atoms with E-state index in [0.29, 0.717) is 22.2 Å². The number of nitrogens with one attached hydrogen (secondary N) is 1. The van der Waals surface area contributed by atoms with E-state index in [2.05, 4.69) is 5.32 Å². The van der Waals surface area contributed by atoms with Crippen LogP contribution in [0.3, 0.4) is 0 Å². The molecule has 21 heavy (non-hydrogen) atoms. The zero-order chi connectivity index (χ0) is 15.6. The van der Waals surface area contributed by atoms with E-state index >= 15 is 0 Å². The van der Waals surface area contributed by atoms with E-state index in [9.17, 15) is 19.4 Å². The number of hydrogen-bond acceptors (Lipinski definition) is 4. The number of rotatable bonds is 6. The first-order valence-corrected chi connectivity index (χ1v) is 7.42. The number of halogens is 1. The summed E-state index contributed by atoms with van der Waals surface area (Å²) in [7, 11) is 0. The van der Waals surface area contributed by atoms with Crippen LogP contribution in [0.25, 0.3) is 10.1 Å². The molecule has 0 spiro atoms. The predicted molar refractivity (Wildman–Crippen MR) is 81.3 cm³/mol. The third-order valence-corrected chi connectivity index (χ3v) is 4.48. The van der Waals surface area contributed by atoms with Crippen LogP contribution in [-0.4, -0.2) is 29.3 Å². The number of fused-ring (bicyclic) bond motifs is 1. The van der Waals surface area contributed by atoms with Gasteiger partial charge in [0.25, 0.3) is 0 Å². The highest BCUT2D eigenvalue weighted by atomic mass is 32.1. The van der Waals surface area contributed by atoms with Crippen LogP contribution in [0.15, 0.2) is 18.2 Å². The van der Waals surface area contributed by atoms with Crippen molar-refractivity contribution in [1.82, 2.24) is 5.32 Å². The van der Waals surface area contributed by atoms with Gasteiger partial charge in [0.15, 0.2) is 0 Å². The maximum atomic E-state index is 14.0. The van der Waals surface area contributed by atoms with Crippen LogP contribution < -0.4 is 5.32 Å². The molecule has 1 aromatic heterocycles. The van der Waals surface area contributed by atoms with Crippen molar-refractivity contribution in [2.75, 3.05) is 13.2 Å². The molecule has 2 aromatic rings. The third kappa shape index (κ3) is 3.40. The summed E-state index contributed by atoms with van der Waals surface area (Å²) in [5, 5.41) is 22.0. The lowest BCUT2D eigenvalue weighted by Gasteiger charge is -2.22. The van der Waals surface area contributed by atoms with Crippen LogP contribution in [0.2, 0.25) is 0 Å². The average Bonchev–Trinajstić information content (AvgIpc) is 2.79. The molecule has 1 heterocycles. The van der Waals surface area contributed by atoms with Crippen molar-refractivity contribution in [2.45, 2.75) is 20.4 Å². The van der Waals surface area contributed by atoms with Crippen molar-refractivity contribution < 1.29 is 19.4 Å². The Morgan fingerprint density at radius 3 is 2.76 bits per heavy atom. The maximum absolute atomic E-state index is 14.0. The highest BCUT2D eigenvalue weighted by Crippen LogP contribution is 2.33. The summed E-state index contributed by atoms with van der Waals surface area (Å²) < 4.78 is 14.6. The molecule has 0 fully saturated rings. The van der Waals surface area contributed by atoms with Gasteiger partial charge in [-0.05, 0) is 12.1 Å². The molecule has 0 atom stereocenters. The normalized spacial score (nSPS) is 12.0. The second-order valence-electron chi connectivity index (χ2n) is 5.75. The number of thiophene rings is 1. The van der Waals surface area contributed by atoms with E-state index in [4.69, 9.17) is 0 Å². The summed E-state index contributed by atoms with van der Waals surface area (Å²) in [4.78, 5) is 11.5. The van der Waals surface area contributed by atoms with Crippen LogP contribution in [0, 0.1) is 11.2 Å². The zero-order valence-electron chi connectivity index (χ0n) is 11.9. The standard InChI is InChI=1S/C15H18FNO3S/c1-15(2,8-18)7-17-6-9-12-10(16)4-3-5-11(12)21-13(9)14(19)20/h3-5,17-18H,6-8H2,1-2H3,(H,19,20). The summed E-state index contributed by atoms with van der Waals surface area (Å²) in [6.45, 7) is 4.57. The number of carboxylic acids is 1. The van der Waals surface area contributed by atoms with Crippen LogP contribution in [0.5, 0.6) is 0 Å². The van der Waals surface area contributed by atoms with E-state index in [1.165, 1.54) is 6.07 Å².